The predicted octanol–water partition coefficient (Wildman–Crippen LogP) is 4.02. The van der Waals surface area contributed by atoms with Crippen molar-refractivity contribution in [1.29, 1.82) is 0 Å². The third-order valence-electron chi connectivity index (χ3n) is 5.40. The summed E-state index contributed by atoms with van der Waals surface area (Å²) in [5.74, 6) is 2.47. The van der Waals surface area contributed by atoms with Crippen molar-refractivity contribution in [3.8, 4) is 11.5 Å². The monoisotopic (exact) mass is 351 g/mol. The molecule has 2 aromatic rings. The summed E-state index contributed by atoms with van der Waals surface area (Å²) in [6.45, 7) is 5.24. The van der Waals surface area contributed by atoms with Gasteiger partial charge < -0.3 is 20.5 Å². The number of anilines is 1. The maximum atomic E-state index is 6.18. The smallest absolute Gasteiger partial charge is 0.193 e. The van der Waals surface area contributed by atoms with Crippen molar-refractivity contribution in [2.24, 2.45) is 22.1 Å². The molecule has 1 aliphatic carbocycles. The number of guanidine groups is 1. The second kappa shape index (κ2) is 6.65. The Bertz CT molecular complexity index is 804. The number of fused-ring (bicyclic) bond motifs is 1. The van der Waals surface area contributed by atoms with Gasteiger partial charge in [0.2, 0.25) is 0 Å². The molecule has 1 heterocycles. The van der Waals surface area contributed by atoms with Gasteiger partial charge in [-0.3, -0.25) is 0 Å². The average molecular weight is 351 g/mol. The van der Waals surface area contributed by atoms with E-state index < -0.39 is 0 Å². The fourth-order valence-corrected chi connectivity index (χ4v) is 4.15. The van der Waals surface area contributed by atoms with E-state index in [1.54, 1.807) is 0 Å². The van der Waals surface area contributed by atoms with E-state index in [-0.39, 0.29) is 11.5 Å². The number of hydrogen-bond acceptors (Lipinski definition) is 3. The molecule has 0 radical (unpaired) electrons. The molecule has 3 N–H and O–H groups in total. The molecule has 0 amide bonds. The van der Waals surface area contributed by atoms with Crippen molar-refractivity contribution >= 4 is 11.6 Å². The summed E-state index contributed by atoms with van der Waals surface area (Å²) in [6.07, 6.45) is 1.38. The molecule has 5 nitrogen and oxygen atoms in total. The molecule has 0 spiro atoms. The lowest BCUT2D eigenvalue weighted by atomic mass is 9.57. The molecule has 2 aliphatic rings. The zero-order valence-corrected chi connectivity index (χ0v) is 15.2. The summed E-state index contributed by atoms with van der Waals surface area (Å²) < 4.78 is 11.7. The SMILES string of the molecule is CC1(C)C(N=C(N)Nc2cccc(Oc3ccccc3)c2)C2CCOC21. The number of aliphatic imine (C=N–C) groups is 1. The first kappa shape index (κ1) is 16.9. The first-order valence-electron chi connectivity index (χ1n) is 9.09. The average Bonchev–Trinajstić information content (AvgIpc) is 3.08. The molecule has 1 saturated carbocycles. The Hall–Kier alpha value is -2.53. The van der Waals surface area contributed by atoms with Crippen LogP contribution in [-0.4, -0.2) is 24.7 Å². The van der Waals surface area contributed by atoms with E-state index in [1.807, 2.05) is 54.6 Å². The summed E-state index contributed by atoms with van der Waals surface area (Å²) in [6, 6.07) is 17.6. The van der Waals surface area contributed by atoms with E-state index >= 15 is 0 Å². The molecule has 4 rings (SSSR count). The number of nitrogens with two attached hydrogens (primary N) is 1. The third kappa shape index (κ3) is 3.15. The second-order valence-electron chi connectivity index (χ2n) is 7.59. The number of hydrogen-bond donors (Lipinski definition) is 2. The van der Waals surface area contributed by atoms with Crippen LogP contribution in [0.5, 0.6) is 11.5 Å². The minimum Gasteiger partial charge on any atom is -0.457 e. The first-order valence-corrected chi connectivity index (χ1v) is 9.09. The summed E-state index contributed by atoms with van der Waals surface area (Å²) in [4.78, 5) is 4.75. The van der Waals surface area contributed by atoms with Crippen molar-refractivity contribution in [1.82, 2.24) is 0 Å². The Morgan fingerprint density at radius 3 is 2.73 bits per heavy atom. The Labute approximate surface area is 154 Å². The van der Waals surface area contributed by atoms with Gasteiger partial charge in [0, 0.05) is 29.7 Å². The normalized spacial score (nSPS) is 26.7. The molecular weight excluding hydrogens is 326 g/mol. The van der Waals surface area contributed by atoms with Gasteiger partial charge >= 0.3 is 0 Å². The second-order valence-corrected chi connectivity index (χ2v) is 7.59. The fourth-order valence-electron chi connectivity index (χ4n) is 4.15. The van der Waals surface area contributed by atoms with Crippen LogP contribution in [0.2, 0.25) is 0 Å². The van der Waals surface area contributed by atoms with Gasteiger partial charge in [-0.05, 0) is 30.7 Å². The van der Waals surface area contributed by atoms with Gasteiger partial charge in [-0.2, -0.15) is 0 Å². The molecule has 3 unspecified atom stereocenters. The number of nitrogens with one attached hydrogen (secondary N) is 1. The lowest BCUT2D eigenvalue weighted by molar-refractivity contribution is -0.0985. The predicted molar refractivity (Wildman–Crippen MR) is 104 cm³/mol. The molecule has 3 atom stereocenters. The van der Waals surface area contributed by atoms with Crippen LogP contribution in [0.25, 0.3) is 0 Å². The molecule has 1 saturated heterocycles. The number of ether oxygens (including phenoxy) is 2. The van der Waals surface area contributed by atoms with Gasteiger partial charge in [0.1, 0.15) is 11.5 Å². The van der Waals surface area contributed by atoms with Gasteiger partial charge in [-0.25, -0.2) is 4.99 Å². The van der Waals surface area contributed by atoms with Crippen LogP contribution in [0, 0.1) is 11.3 Å². The maximum Gasteiger partial charge on any atom is 0.193 e. The highest BCUT2D eigenvalue weighted by atomic mass is 16.5. The summed E-state index contributed by atoms with van der Waals surface area (Å²) in [7, 11) is 0. The molecule has 136 valence electrons. The van der Waals surface area contributed by atoms with Crippen LogP contribution in [-0.2, 0) is 4.74 Å². The van der Waals surface area contributed by atoms with Crippen molar-refractivity contribution < 1.29 is 9.47 Å². The largest absolute Gasteiger partial charge is 0.457 e. The molecular formula is C21H25N3O2. The Balaban J connectivity index is 1.44. The molecule has 26 heavy (non-hydrogen) atoms. The summed E-state index contributed by atoms with van der Waals surface area (Å²) in [5, 5.41) is 3.19. The molecule has 2 fully saturated rings. The minimum atomic E-state index is 0.0335. The number of nitrogens with zero attached hydrogens (tertiary/aromatic N) is 1. The molecule has 0 bridgehead atoms. The van der Waals surface area contributed by atoms with Gasteiger partial charge in [0.15, 0.2) is 5.96 Å². The Morgan fingerprint density at radius 2 is 1.92 bits per heavy atom. The van der Waals surface area contributed by atoms with E-state index in [0.29, 0.717) is 18.0 Å². The highest BCUT2D eigenvalue weighted by Gasteiger charge is 2.59. The molecule has 1 aliphatic heterocycles. The standard InChI is InChI=1S/C21H25N3O2/c1-21(2)18(17-11-12-25-19(17)21)24-20(22)23-14-7-6-10-16(13-14)26-15-8-4-3-5-9-15/h3-10,13,17-19H,11-12H2,1-2H3,(H3,22,23,24). The van der Waals surface area contributed by atoms with Crippen molar-refractivity contribution in [2.75, 3.05) is 11.9 Å². The lowest BCUT2D eigenvalue weighted by Gasteiger charge is -2.52. The van der Waals surface area contributed by atoms with E-state index in [1.165, 1.54) is 0 Å². The van der Waals surface area contributed by atoms with Gasteiger partial charge in [-0.15, -0.1) is 0 Å². The topological polar surface area (TPSA) is 68.9 Å². The van der Waals surface area contributed by atoms with Crippen LogP contribution >= 0.6 is 0 Å². The van der Waals surface area contributed by atoms with Crippen LogP contribution in [0.3, 0.4) is 0 Å². The zero-order valence-electron chi connectivity index (χ0n) is 15.2. The molecule has 0 aromatic heterocycles. The molecule has 2 aromatic carbocycles. The van der Waals surface area contributed by atoms with E-state index in [9.17, 15) is 0 Å². The minimum absolute atomic E-state index is 0.0335. The number of rotatable bonds is 4. The first-order chi connectivity index (χ1) is 12.5. The van der Waals surface area contributed by atoms with Crippen molar-refractivity contribution in [2.45, 2.75) is 32.4 Å². The Kier molecular flexibility index (Phi) is 4.32. The van der Waals surface area contributed by atoms with Crippen molar-refractivity contribution in [3.05, 3.63) is 54.6 Å². The van der Waals surface area contributed by atoms with Crippen LogP contribution < -0.4 is 15.8 Å². The third-order valence-corrected chi connectivity index (χ3v) is 5.40. The van der Waals surface area contributed by atoms with E-state index in [0.717, 1.165) is 30.2 Å². The quantitative estimate of drug-likeness (QED) is 0.645. The van der Waals surface area contributed by atoms with E-state index in [2.05, 4.69) is 19.2 Å². The van der Waals surface area contributed by atoms with Gasteiger partial charge in [0.25, 0.3) is 0 Å². The summed E-state index contributed by atoms with van der Waals surface area (Å²) >= 11 is 0. The summed E-state index contributed by atoms with van der Waals surface area (Å²) in [5.41, 5.74) is 7.07. The Morgan fingerprint density at radius 1 is 1.15 bits per heavy atom. The van der Waals surface area contributed by atoms with Crippen LogP contribution in [0.4, 0.5) is 5.69 Å². The lowest BCUT2D eigenvalue weighted by Crippen LogP contribution is -2.59. The van der Waals surface area contributed by atoms with Gasteiger partial charge in [-0.1, -0.05) is 38.1 Å². The highest BCUT2D eigenvalue weighted by Crippen LogP contribution is 2.53. The number of benzene rings is 2. The van der Waals surface area contributed by atoms with Crippen LogP contribution in [0.15, 0.2) is 59.6 Å². The van der Waals surface area contributed by atoms with Crippen molar-refractivity contribution in [3.63, 3.8) is 0 Å². The maximum absolute atomic E-state index is 6.18. The fraction of sp³-hybridized carbons (Fsp3) is 0.381. The molecule has 5 heteroatoms. The zero-order chi connectivity index (χ0) is 18.1. The number of para-hydroxylation sites is 1. The van der Waals surface area contributed by atoms with Crippen LogP contribution in [0.1, 0.15) is 20.3 Å². The van der Waals surface area contributed by atoms with E-state index in [4.69, 9.17) is 20.2 Å². The van der Waals surface area contributed by atoms with Gasteiger partial charge in [0.05, 0.1) is 12.1 Å². The highest BCUT2D eigenvalue weighted by molar-refractivity contribution is 5.92.